The van der Waals surface area contributed by atoms with Gasteiger partial charge in [0.05, 0.1) is 24.8 Å². The van der Waals surface area contributed by atoms with E-state index in [1.165, 1.54) is 7.11 Å². The molecule has 0 N–H and O–H groups in total. The van der Waals surface area contributed by atoms with Crippen molar-refractivity contribution in [1.29, 1.82) is 10.5 Å². The number of rotatable bonds is 2. The molecule has 0 amide bonds. The van der Waals surface area contributed by atoms with Gasteiger partial charge in [0.1, 0.15) is 0 Å². The van der Waals surface area contributed by atoms with Crippen LogP contribution in [0.5, 0.6) is 0 Å². The molecule has 1 atom stereocenters. The Balaban J connectivity index is 2.42. The fourth-order valence-corrected chi connectivity index (χ4v) is 2.94. The summed E-state index contributed by atoms with van der Waals surface area (Å²) in [5.41, 5.74) is 0.214. The summed E-state index contributed by atoms with van der Waals surface area (Å²) in [6.07, 6.45) is 11.0. The summed E-state index contributed by atoms with van der Waals surface area (Å²) in [6, 6.07) is 11.5. The lowest BCUT2D eigenvalue weighted by atomic mass is 9.70. The molecule has 24 heavy (non-hydrogen) atoms. The van der Waals surface area contributed by atoms with Crippen molar-refractivity contribution in [2.24, 2.45) is 5.41 Å². The summed E-state index contributed by atoms with van der Waals surface area (Å²) < 4.78 is 4.71. The number of hydrogen-bond donors (Lipinski definition) is 0. The summed E-state index contributed by atoms with van der Waals surface area (Å²) in [7, 11) is 1.34. The number of nitriles is 2. The van der Waals surface area contributed by atoms with E-state index in [2.05, 4.69) is 18.2 Å². The topological polar surface area (TPSA) is 73.9 Å². The summed E-state index contributed by atoms with van der Waals surface area (Å²) in [6.45, 7) is 0. The summed E-state index contributed by atoms with van der Waals surface area (Å²) in [4.78, 5) is 11.6. The highest BCUT2D eigenvalue weighted by atomic mass is 16.5. The zero-order valence-electron chi connectivity index (χ0n) is 13.7. The van der Waals surface area contributed by atoms with Gasteiger partial charge < -0.3 is 4.74 Å². The van der Waals surface area contributed by atoms with Crippen LogP contribution in [-0.4, -0.2) is 13.1 Å². The van der Waals surface area contributed by atoms with Gasteiger partial charge in [0.15, 0.2) is 5.41 Å². The molecule has 1 unspecified atom stereocenters. The van der Waals surface area contributed by atoms with E-state index in [0.29, 0.717) is 18.4 Å². The average Bonchev–Trinajstić information content (AvgIpc) is 2.65. The zero-order chi connectivity index (χ0) is 17.4. The largest absolute Gasteiger partial charge is 0.465 e. The highest BCUT2D eigenvalue weighted by molar-refractivity contribution is 5.89. The molecule has 0 bridgehead atoms. The number of hydrogen-bond acceptors (Lipinski definition) is 4. The predicted octanol–water partition coefficient (Wildman–Crippen LogP) is 4.28. The van der Waals surface area contributed by atoms with Gasteiger partial charge in [-0.15, -0.1) is 0 Å². The standard InChI is InChI=1S/C20H20N2O2/c1-24-19(23)17-11-9-16(10-12-17)18-8-6-4-2-3-5-7-13-20(18,14-21)15-22/h4-7,9-12,18H,2-3,8,13H2,1H3/b6-4+,7-5+. The van der Waals surface area contributed by atoms with E-state index in [-0.39, 0.29) is 5.92 Å². The Hall–Kier alpha value is -2.85. The van der Waals surface area contributed by atoms with E-state index >= 15 is 0 Å². The van der Waals surface area contributed by atoms with Crippen LogP contribution in [0.3, 0.4) is 0 Å². The second-order valence-electron chi connectivity index (χ2n) is 5.82. The van der Waals surface area contributed by atoms with Gasteiger partial charge in [-0.25, -0.2) is 4.79 Å². The molecule has 4 nitrogen and oxygen atoms in total. The first kappa shape index (κ1) is 17.5. The Labute approximate surface area is 142 Å². The van der Waals surface area contributed by atoms with Crippen molar-refractivity contribution in [2.75, 3.05) is 7.11 Å². The van der Waals surface area contributed by atoms with Crippen molar-refractivity contribution >= 4 is 5.97 Å². The monoisotopic (exact) mass is 320 g/mol. The van der Waals surface area contributed by atoms with Crippen molar-refractivity contribution in [2.45, 2.75) is 31.6 Å². The Kier molecular flexibility index (Phi) is 5.93. The van der Waals surface area contributed by atoms with E-state index in [4.69, 9.17) is 4.74 Å². The summed E-state index contributed by atoms with van der Waals surface area (Å²) in [5.74, 6) is -0.652. The van der Waals surface area contributed by atoms with Crippen LogP contribution in [0.25, 0.3) is 0 Å². The van der Waals surface area contributed by atoms with Gasteiger partial charge >= 0.3 is 5.97 Å². The molecule has 2 rings (SSSR count). The zero-order valence-corrected chi connectivity index (χ0v) is 13.7. The van der Waals surface area contributed by atoms with E-state index in [1.807, 2.05) is 30.4 Å². The molecule has 0 aromatic heterocycles. The highest BCUT2D eigenvalue weighted by Gasteiger charge is 2.39. The maximum atomic E-state index is 11.6. The van der Waals surface area contributed by atoms with Gasteiger partial charge in [0.2, 0.25) is 0 Å². The van der Waals surface area contributed by atoms with Gasteiger partial charge in [0.25, 0.3) is 0 Å². The fraction of sp³-hybridized carbons (Fsp3) is 0.350. The Bertz CT molecular complexity index is 703. The van der Waals surface area contributed by atoms with E-state index in [0.717, 1.165) is 18.4 Å². The molecule has 1 aliphatic rings. The molecule has 0 fully saturated rings. The van der Waals surface area contributed by atoms with E-state index in [9.17, 15) is 15.3 Å². The second-order valence-corrected chi connectivity index (χ2v) is 5.82. The van der Waals surface area contributed by atoms with E-state index in [1.54, 1.807) is 12.1 Å². The molecular weight excluding hydrogens is 300 g/mol. The van der Waals surface area contributed by atoms with Crippen molar-refractivity contribution < 1.29 is 9.53 Å². The third-order valence-electron chi connectivity index (χ3n) is 4.37. The smallest absolute Gasteiger partial charge is 0.337 e. The third kappa shape index (κ3) is 3.73. The number of carbonyl (C=O) groups excluding carboxylic acids is 1. The number of ether oxygens (including phenoxy) is 1. The van der Waals surface area contributed by atoms with Crippen LogP contribution in [-0.2, 0) is 4.74 Å². The van der Waals surface area contributed by atoms with Gasteiger partial charge in [-0.1, -0.05) is 36.4 Å². The number of carbonyl (C=O) groups is 1. The van der Waals surface area contributed by atoms with E-state index < -0.39 is 11.4 Å². The molecule has 4 heteroatoms. The second kappa shape index (κ2) is 8.13. The van der Waals surface area contributed by atoms with Crippen LogP contribution < -0.4 is 0 Å². The lowest BCUT2D eigenvalue weighted by Gasteiger charge is -2.28. The fourth-order valence-electron chi connectivity index (χ4n) is 2.94. The van der Waals surface area contributed by atoms with Gasteiger partial charge in [-0.3, -0.25) is 0 Å². The lowest BCUT2D eigenvalue weighted by Crippen LogP contribution is -2.25. The molecule has 0 aliphatic heterocycles. The molecule has 0 radical (unpaired) electrons. The van der Waals surface area contributed by atoms with Crippen LogP contribution >= 0.6 is 0 Å². The van der Waals surface area contributed by atoms with Crippen LogP contribution in [0.1, 0.15) is 47.5 Å². The minimum absolute atomic E-state index is 0.252. The molecule has 0 saturated heterocycles. The maximum absolute atomic E-state index is 11.6. The number of esters is 1. The SMILES string of the molecule is COC(=O)c1ccc(C2C/C=C/CC/C=C/CC2(C#N)C#N)cc1. The number of nitrogens with zero attached hydrogens (tertiary/aromatic N) is 2. The third-order valence-corrected chi connectivity index (χ3v) is 4.37. The molecule has 0 heterocycles. The Morgan fingerprint density at radius 3 is 2.29 bits per heavy atom. The van der Waals surface area contributed by atoms with Gasteiger partial charge in [0, 0.05) is 5.92 Å². The van der Waals surface area contributed by atoms with Gasteiger partial charge in [-0.2, -0.15) is 10.5 Å². The first-order chi connectivity index (χ1) is 11.7. The number of allylic oxidation sites excluding steroid dienone is 4. The van der Waals surface area contributed by atoms with Crippen LogP contribution in [0.2, 0.25) is 0 Å². The Morgan fingerprint density at radius 1 is 1.08 bits per heavy atom. The number of methoxy groups -OCH3 is 1. The highest BCUT2D eigenvalue weighted by Crippen LogP contribution is 2.42. The molecule has 122 valence electrons. The van der Waals surface area contributed by atoms with Crippen molar-refractivity contribution in [3.8, 4) is 12.1 Å². The number of benzene rings is 1. The molecular formula is C20H20N2O2. The maximum Gasteiger partial charge on any atom is 0.337 e. The quantitative estimate of drug-likeness (QED) is 0.602. The average molecular weight is 320 g/mol. The predicted molar refractivity (Wildman–Crippen MR) is 90.9 cm³/mol. The molecule has 1 aliphatic carbocycles. The first-order valence-corrected chi connectivity index (χ1v) is 7.97. The van der Waals surface area contributed by atoms with Crippen molar-refractivity contribution in [3.63, 3.8) is 0 Å². The van der Waals surface area contributed by atoms with Crippen molar-refractivity contribution in [1.82, 2.24) is 0 Å². The lowest BCUT2D eigenvalue weighted by molar-refractivity contribution is 0.0600. The van der Waals surface area contributed by atoms with Gasteiger partial charge in [-0.05, 0) is 43.4 Å². The van der Waals surface area contributed by atoms with Crippen LogP contribution in [0.15, 0.2) is 48.6 Å². The summed E-state index contributed by atoms with van der Waals surface area (Å²) in [5, 5.41) is 19.5. The normalized spacial score (nSPS) is 22.4. The molecule has 0 spiro atoms. The molecule has 0 saturated carbocycles. The Morgan fingerprint density at radius 2 is 1.71 bits per heavy atom. The first-order valence-electron chi connectivity index (χ1n) is 7.97. The molecule has 1 aromatic rings. The van der Waals surface area contributed by atoms with Crippen LogP contribution in [0, 0.1) is 28.1 Å². The minimum Gasteiger partial charge on any atom is -0.465 e. The minimum atomic E-state index is -1.12. The van der Waals surface area contributed by atoms with Crippen LogP contribution in [0.4, 0.5) is 0 Å². The van der Waals surface area contributed by atoms with Crippen molar-refractivity contribution in [3.05, 3.63) is 59.7 Å². The molecule has 1 aromatic carbocycles. The summed E-state index contributed by atoms with van der Waals surface area (Å²) >= 11 is 0.